The molecule has 0 amide bonds. The largest absolute Gasteiger partial charge is 0.373 e. The van der Waals surface area contributed by atoms with Crippen LogP contribution in [-0.4, -0.2) is 84.8 Å². The summed E-state index contributed by atoms with van der Waals surface area (Å²) in [5, 5.41) is 0. The lowest BCUT2D eigenvalue weighted by Crippen LogP contribution is -2.54. The normalized spacial score (nSPS) is 26.5. The maximum Gasteiger partial charge on any atom is 0.0612 e. The zero-order valence-corrected chi connectivity index (χ0v) is 18.8. The molecule has 0 N–H and O–H groups in total. The fourth-order valence-corrected chi connectivity index (χ4v) is 4.30. The first-order chi connectivity index (χ1) is 11.9. The number of nitrogens with zero attached hydrogens (tertiary/aromatic N) is 3. The van der Waals surface area contributed by atoms with Crippen molar-refractivity contribution in [1.29, 1.82) is 0 Å². The fraction of sp³-hybridized carbons (Fsp3) is 1.00. The summed E-state index contributed by atoms with van der Waals surface area (Å²) in [4.78, 5) is 7.75. The van der Waals surface area contributed by atoms with Crippen LogP contribution in [0.25, 0.3) is 0 Å². The molecule has 0 bridgehead atoms. The maximum absolute atomic E-state index is 6.18. The minimum atomic E-state index is -0.0100. The zero-order chi connectivity index (χ0) is 19.5. The Labute approximate surface area is 163 Å². The Morgan fingerprint density at radius 3 is 1.96 bits per heavy atom. The summed E-state index contributed by atoms with van der Waals surface area (Å²) in [6.07, 6.45) is 5.59. The highest BCUT2D eigenvalue weighted by atomic mass is 16.5. The van der Waals surface area contributed by atoms with E-state index in [9.17, 15) is 0 Å². The smallest absolute Gasteiger partial charge is 0.0612 e. The average molecular weight is 368 g/mol. The van der Waals surface area contributed by atoms with Gasteiger partial charge in [0.2, 0.25) is 0 Å². The van der Waals surface area contributed by atoms with E-state index in [4.69, 9.17) is 4.74 Å². The van der Waals surface area contributed by atoms with Crippen molar-refractivity contribution in [3.8, 4) is 0 Å². The molecular formula is C22H45N3O. The van der Waals surface area contributed by atoms with E-state index in [0.717, 1.165) is 18.5 Å². The standard InChI is InChI=1S/C22H45N3O/c1-21(2,3)25-11-9-18(10-12-25)17-24(14-13-23(7)8)19-15-20(16-19)26-22(4,5)6/h18-20H,9-17H2,1-8H3/t19-,20-. The zero-order valence-electron chi connectivity index (χ0n) is 18.8. The van der Waals surface area contributed by atoms with Crippen LogP contribution in [0.4, 0.5) is 0 Å². The Kier molecular flexibility index (Phi) is 7.57. The number of hydrogen-bond acceptors (Lipinski definition) is 4. The molecule has 1 saturated carbocycles. The average Bonchev–Trinajstić information content (AvgIpc) is 2.45. The topological polar surface area (TPSA) is 19.0 Å². The Morgan fingerprint density at radius 1 is 0.923 bits per heavy atom. The van der Waals surface area contributed by atoms with E-state index >= 15 is 0 Å². The van der Waals surface area contributed by atoms with Gasteiger partial charge in [-0.15, -0.1) is 0 Å². The molecule has 0 aromatic heterocycles. The van der Waals surface area contributed by atoms with Gasteiger partial charge in [0, 0.05) is 31.2 Å². The molecule has 4 heteroatoms. The third-order valence-corrected chi connectivity index (χ3v) is 6.00. The maximum atomic E-state index is 6.18. The van der Waals surface area contributed by atoms with E-state index in [0.29, 0.717) is 11.6 Å². The first-order valence-corrected chi connectivity index (χ1v) is 10.8. The highest BCUT2D eigenvalue weighted by molar-refractivity contribution is 4.91. The number of likely N-dealkylation sites (N-methyl/N-ethyl adjacent to an activating group) is 1. The Morgan fingerprint density at radius 2 is 1.50 bits per heavy atom. The van der Waals surface area contributed by atoms with Gasteiger partial charge in [-0.3, -0.25) is 9.80 Å². The number of piperidine rings is 1. The lowest BCUT2D eigenvalue weighted by atomic mass is 9.85. The van der Waals surface area contributed by atoms with Gasteiger partial charge < -0.3 is 9.64 Å². The molecular weight excluding hydrogens is 322 g/mol. The van der Waals surface area contributed by atoms with Gasteiger partial charge in [-0.05, 0) is 100 Å². The minimum absolute atomic E-state index is 0.0100. The van der Waals surface area contributed by atoms with Crippen molar-refractivity contribution >= 4 is 0 Å². The van der Waals surface area contributed by atoms with Crippen molar-refractivity contribution in [2.75, 3.05) is 46.8 Å². The molecule has 0 unspecified atom stereocenters. The van der Waals surface area contributed by atoms with E-state index in [1.165, 1.54) is 51.9 Å². The predicted octanol–water partition coefficient (Wildman–Crippen LogP) is 3.71. The van der Waals surface area contributed by atoms with Crippen LogP contribution in [0.3, 0.4) is 0 Å². The van der Waals surface area contributed by atoms with Crippen LogP contribution in [-0.2, 0) is 4.74 Å². The lowest BCUT2D eigenvalue weighted by Gasteiger charge is -2.47. The van der Waals surface area contributed by atoms with Gasteiger partial charge >= 0.3 is 0 Å². The van der Waals surface area contributed by atoms with E-state index in [1.54, 1.807) is 0 Å². The molecule has 1 heterocycles. The summed E-state index contributed by atoms with van der Waals surface area (Å²) in [5.41, 5.74) is 0.310. The molecule has 2 fully saturated rings. The Balaban J connectivity index is 1.83. The molecule has 154 valence electrons. The molecule has 0 spiro atoms. The molecule has 1 saturated heterocycles. The van der Waals surface area contributed by atoms with Gasteiger partial charge in [-0.25, -0.2) is 0 Å². The molecule has 2 aliphatic rings. The number of ether oxygens (including phenoxy) is 1. The van der Waals surface area contributed by atoms with Crippen LogP contribution in [0.2, 0.25) is 0 Å². The van der Waals surface area contributed by atoms with Crippen LogP contribution in [0.5, 0.6) is 0 Å². The van der Waals surface area contributed by atoms with Crippen molar-refractivity contribution in [3.63, 3.8) is 0 Å². The first kappa shape index (κ1) is 22.1. The van der Waals surface area contributed by atoms with Crippen molar-refractivity contribution in [3.05, 3.63) is 0 Å². The van der Waals surface area contributed by atoms with Gasteiger partial charge in [-0.2, -0.15) is 0 Å². The van der Waals surface area contributed by atoms with Crippen molar-refractivity contribution in [1.82, 2.24) is 14.7 Å². The molecule has 0 radical (unpaired) electrons. The van der Waals surface area contributed by atoms with Gasteiger partial charge in [0.05, 0.1) is 11.7 Å². The predicted molar refractivity (Wildman–Crippen MR) is 112 cm³/mol. The highest BCUT2D eigenvalue weighted by Gasteiger charge is 2.37. The Bertz CT molecular complexity index is 410. The molecule has 2 rings (SSSR count). The van der Waals surface area contributed by atoms with Crippen LogP contribution in [0.15, 0.2) is 0 Å². The second-order valence-electron chi connectivity index (χ2n) is 10.9. The van der Waals surface area contributed by atoms with E-state index in [2.05, 4.69) is 70.3 Å². The van der Waals surface area contributed by atoms with Crippen LogP contribution >= 0.6 is 0 Å². The van der Waals surface area contributed by atoms with Crippen LogP contribution in [0, 0.1) is 5.92 Å². The summed E-state index contributed by atoms with van der Waals surface area (Å²) in [5.74, 6) is 0.860. The molecule has 1 aliphatic heterocycles. The summed E-state index contributed by atoms with van der Waals surface area (Å²) in [7, 11) is 4.37. The fourth-order valence-electron chi connectivity index (χ4n) is 4.30. The van der Waals surface area contributed by atoms with Gasteiger partial charge in [-0.1, -0.05) is 0 Å². The summed E-state index contributed by atoms with van der Waals surface area (Å²) in [6, 6.07) is 0.725. The third-order valence-electron chi connectivity index (χ3n) is 6.00. The molecule has 0 aromatic rings. The second-order valence-corrected chi connectivity index (χ2v) is 10.9. The van der Waals surface area contributed by atoms with E-state index in [-0.39, 0.29) is 5.60 Å². The first-order valence-electron chi connectivity index (χ1n) is 10.8. The SMILES string of the molecule is CN(C)CCN(CC1CCN(C(C)(C)C)CC1)[C@H]1C[C@H](OC(C)(C)C)C1. The second kappa shape index (κ2) is 8.89. The lowest BCUT2D eigenvalue weighted by molar-refractivity contribution is -0.122. The summed E-state index contributed by atoms with van der Waals surface area (Å²) >= 11 is 0. The monoisotopic (exact) mass is 367 g/mol. The molecule has 1 aliphatic carbocycles. The number of rotatable bonds is 7. The molecule has 0 aromatic carbocycles. The Hall–Kier alpha value is -0.160. The van der Waals surface area contributed by atoms with Gasteiger partial charge in [0.15, 0.2) is 0 Å². The summed E-state index contributed by atoms with van der Waals surface area (Å²) < 4.78 is 6.18. The van der Waals surface area contributed by atoms with Gasteiger partial charge in [0.1, 0.15) is 0 Å². The van der Waals surface area contributed by atoms with E-state index in [1.807, 2.05) is 0 Å². The van der Waals surface area contributed by atoms with E-state index < -0.39 is 0 Å². The molecule has 4 nitrogen and oxygen atoms in total. The van der Waals surface area contributed by atoms with Crippen LogP contribution in [0.1, 0.15) is 67.2 Å². The van der Waals surface area contributed by atoms with Crippen molar-refractivity contribution in [2.24, 2.45) is 5.92 Å². The van der Waals surface area contributed by atoms with Crippen LogP contribution < -0.4 is 0 Å². The van der Waals surface area contributed by atoms with Crippen molar-refractivity contribution < 1.29 is 4.74 Å². The number of hydrogen-bond donors (Lipinski definition) is 0. The number of likely N-dealkylation sites (tertiary alicyclic amines) is 1. The quantitative estimate of drug-likeness (QED) is 0.683. The molecule has 26 heavy (non-hydrogen) atoms. The third kappa shape index (κ3) is 7.10. The van der Waals surface area contributed by atoms with Gasteiger partial charge in [0.25, 0.3) is 0 Å². The van der Waals surface area contributed by atoms with Crippen molar-refractivity contribution in [2.45, 2.75) is 90.5 Å². The summed E-state index contributed by atoms with van der Waals surface area (Å²) in [6.45, 7) is 19.7. The molecule has 0 atom stereocenters. The minimum Gasteiger partial charge on any atom is -0.373 e. The highest BCUT2D eigenvalue weighted by Crippen LogP contribution is 2.33.